The second-order valence-electron chi connectivity index (χ2n) is 3.75. The molecule has 0 heterocycles. The van der Waals surface area contributed by atoms with Crippen LogP contribution in [0, 0.1) is 17.8 Å². The van der Waals surface area contributed by atoms with Crippen molar-refractivity contribution in [2.45, 2.75) is 24.9 Å². The van der Waals surface area contributed by atoms with E-state index < -0.39 is 0 Å². The van der Waals surface area contributed by atoms with Crippen LogP contribution in [0.5, 0.6) is 0 Å². The molecular formula is C7H10O. The third-order valence-corrected chi connectivity index (χ3v) is 3.45. The standard InChI is InChI=1S/C7H10O/c8-7-3-4-1-5(7)6(7)2-4/h4-6,8H,1-3H2/t4?,5-,6?,7?/m1/s1. The lowest BCUT2D eigenvalue weighted by atomic mass is 10.1. The Morgan fingerprint density at radius 2 is 1.88 bits per heavy atom. The van der Waals surface area contributed by atoms with Gasteiger partial charge in [-0.15, -0.1) is 0 Å². The summed E-state index contributed by atoms with van der Waals surface area (Å²) in [6.07, 6.45) is 3.84. The first-order valence-electron chi connectivity index (χ1n) is 3.53. The van der Waals surface area contributed by atoms with Crippen LogP contribution in [0.4, 0.5) is 0 Å². The summed E-state index contributed by atoms with van der Waals surface area (Å²) in [6, 6.07) is 0. The first-order chi connectivity index (χ1) is 3.81. The first kappa shape index (κ1) is 3.89. The summed E-state index contributed by atoms with van der Waals surface area (Å²) in [5, 5.41) is 9.58. The minimum atomic E-state index is -0.106. The Morgan fingerprint density at radius 3 is 2.00 bits per heavy atom. The van der Waals surface area contributed by atoms with Crippen molar-refractivity contribution >= 4 is 0 Å². The molecule has 1 N–H and O–H groups in total. The van der Waals surface area contributed by atoms with Crippen molar-refractivity contribution in [1.82, 2.24) is 0 Å². The normalized spacial score (nSPS) is 73.9. The molecule has 3 unspecified atom stereocenters. The molecule has 4 aliphatic rings. The fourth-order valence-electron chi connectivity index (χ4n) is 3.07. The molecule has 4 saturated carbocycles. The molecule has 0 saturated heterocycles. The number of hydrogen-bond acceptors (Lipinski definition) is 1. The van der Waals surface area contributed by atoms with Crippen LogP contribution < -0.4 is 0 Å². The van der Waals surface area contributed by atoms with Gasteiger partial charge in [0, 0.05) is 0 Å². The second kappa shape index (κ2) is 0.766. The maximum atomic E-state index is 9.58. The van der Waals surface area contributed by atoms with E-state index in [1.165, 1.54) is 12.8 Å². The first-order valence-corrected chi connectivity index (χ1v) is 3.53. The van der Waals surface area contributed by atoms with Crippen molar-refractivity contribution in [2.75, 3.05) is 0 Å². The zero-order valence-corrected chi connectivity index (χ0v) is 4.80. The van der Waals surface area contributed by atoms with Crippen molar-refractivity contribution in [2.24, 2.45) is 17.8 Å². The zero-order chi connectivity index (χ0) is 5.35. The molecule has 1 nitrogen and oxygen atoms in total. The van der Waals surface area contributed by atoms with Crippen LogP contribution >= 0.6 is 0 Å². The van der Waals surface area contributed by atoms with Crippen LogP contribution in [-0.2, 0) is 0 Å². The van der Waals surface area contributed by atoms with Crippen LogP contribution in [-0.4, -0.2) is 10.7 Å². The monoisotopic (exact) mass is 110 g/mol. The van der Waals surface area contributed by atoms with Gasteiger partial charge in [-0.05, 0) is 37.0 Å². The molecule has 4 rings (SSSR count). The van der Waals surface area contributed by atoms with Crippen LogP contribution in [0.15, 0.2) is 0 Å². The van der Waals surface area contributed by atoms with Crippen LogP contribution in [0.1, 0.15) is 19.3 Å². The molecule has 0 radical (unpaired) electrons. The number of aliphatic hydroxyl groups is 1. The lowest BCUT2D eigenvalue weighted by Gasteiger charge is -1.96. The van der Waals surface area contributed by atoms with Gasteiger partial charge < -0.3 is 5.11 Å². The Bertz CT molecular complexity index is 140. The minimum Gasteiger partial charge on any atom is -0.389 e. The van der Waals surface area contributed by atoms with Gasteiger partial charge in [-0.1, -0.05) is 0 Å². The van der Waals surface area contributed by atoms with Crippen molar-refractivity contribution in [1.29, 1.82) is 0 Å². The molecule has 44 valence electrons. The van der Waals surface area contributed by atoms with Gasteiger partial charge in [0.2, 0.25) is 0 Å². The van der Waals surface area contributed by atoms with E-state index in [0.717, 1.165) is 24.2 Å². The molecule has 0 spiro atoms. The quantitative estimate of drug-likeness (QED) is 0.488. The number of hydrogen-bond donors (Lipinski definition) is 1. The molecular weight excluding hydrogens is 100 g/mol. The predicted octanol–water partition coefficient (Wildman–Crippen LogP) is 0.777. The topological polar surface area (TPSA) is 20.2 Å². The average molecular weight is 110 g/mol. The molecule has 4 bridgehead atoms. The Hall–Kier alpha value is -0.0400. The Balaban J connectivity index is 2.16. The van der Waals surface area contributed by atoms with Gasteiger partial charge in [0.1, 0.15) is 0 Å². The third kappa shape index (κ3) is 0.202. The summed E-state index contributed by atoms with van der Waals surface area (Å²) in [5.74, 6) is 2.44. The van der Waals surface area contributed by atoms with E-state index in [2.05, 4.69) is 0 Å². The molecule has 1 heteroatoms. The SMILES string of the molecule is OC12CC3CC1[C@H]2C3. The number of rotatable bonds is 0. The Kier molecular flexibility index (Phi) is 0.372. The largest absolute Gasteiger partial charge is 0.389 e. The lowest BCUT2D eigenvalue weighted by molar-refractivity contribution is 0.138. The maximum absolute atomic E-state index is 9.58. The molecule has 0 aromatic heterocycles. The highest BCUT2D eigenvalue weighted by atomic mass is 16.3. The fraction of sp³-hybridized carbons (Fsp3) is 1.00. The zero-order valence-electron chi connectivity index (χ0n) is 4.80. The van der Waals surface area contributed by atoms with Crippen LogP contribution in [0.3, 0.4) is 0 Å². The molecule has 4 atom stereocenters. The summed E-state index contributed by atoms with van der Waals surface area (Å²) >= 11 is 0. The summed E-state index contributed by atoms with van der Waals surface area (Å²) in [6.45, 7) is 0. The third-order valence-electron chi connectivity index (χ3n) is 3.45. The van der Waals surface area contributed by atoms with Gasteiger partial charge in [0.15, 0.2) is 0 Å². The van der Waals surface area contributed by atoms with E-state index in [-0.39, 0.29) is 5.60 Å². The molecule has 8 heavy (non-hydrogen) atoms. The highest BCUT2D eigenvalue weighted by Gasteiger charge is 2.74. The minimum absolute atomic E-state index is 0.106. The molecule has 4 aliphatic carbocycles. The van der Waals surface area contributed by atoms with E-state index in [1.807, 2.05) is 0 Å². The van der Waals surface area contributed by atoms with Gasteiger partial charge in [-0.2, -0.15) is 0 Å². The molecule has 4 fully saturated rings. The van der Waals surface area contributed by atoms with Gasteiger partial charge >= 0.3 is 0 Å². The van der Waals surface area contributed by atoms with Crippen molar-refractivity contribution in [3.05, 3.63) is 0 Å². The van der Waals surface area contributed by atoms with E-state index in [0.29, 0.717) is 0 Å². The van der Waals surface area contributed by atoms with E-state index in [9.17, 15) is 5.11 Å². The molecule has 0 aromatic rings. The Morgan fingerprint density at radius 1 is 1.25 bits per heavy atom. The molecule has 0 aliphatic heterocycles. The highest BCUT2D eigenvalue weighted by molar-refractivity contribution is 5.23. The van der Waals surface area contributed by atoms with Crippen molar-refractivity contribution in [3.63, 3.8) is 0 Å². The van der Waals surface area contributed by atoms with Crippen LogP contribution in [0.25, 0.3) is 0 Å². The van der Waals surface area contributed by atoms with E-state index in [1.54, 1.807) is 0 Å². The van der Waals surface area contributed by atoms with Crippen molar-refractivity contribution in [3.8, 4) is 0 Å². The molecule has 0 amide bonds. The summed E-state index contributed by atoms with van der Waals surface area (Å²) < 4.78 is 0. The lowest BCUT2D eigenvalue weighted by Crippen LogP contribution is -2.03. The summed E-state index contributed by atoms with van der Waals surface area (Å²) in [5.41, 5.74) is -0.106. The van der Waals surface area contributed by atoms with Crippen LogP contribution in [0.2, 0.25) is 0 Å². The van der Waals surface area contributed by atoms with Gasteiger partial charge in [-0.3, -0.25) is 0 Å². The smallest absolute Gasteiger partial charge is 0.0714 e. The van der Waals surface area contributed by atoms with Gasteiger partial charge in [0.25, 0.3) is 0 Å². The van der Waals surface area contributed by atoms with E-state index >= 15 is 0 Å². The maximum Gasteiger partial charge on any atom is 0.0714 e. The van der Waals surface area contributed by atoms with E-state index in [4.69, 9.17) is 0 Å². The Labute approximate surface area is 48.7 Å². The fourth-order valence-corrected chi connectivity index (χ4v) is 3.07. The molecule has 0 aromatic carbocycles. The predicted molar refractivity (Wildman–Crippen MR) is 29.3 cm³/mol. The van der Waals surface area contributed by atoms with Crippen molar-refractivity contribution < 1.29 is 5.11 Å². The second-order valence-corrected chi connectivity index (χ2v) is 3.75. The van der Waals surface area contributed by atoms with Gasteiger partial charge in [0.05, 0.1) is 5.60 Å². The highest BCUT2D eigenvalue weighted by Crippen LogP contribution is 2.73. The summed E-state index contributed by atoms with van der Waals surface area (Å²) in [7, 11) is 0. The summed E-state index contributed by atoms with van der Waals surface area (Å²) in [4.78, 5) is 0. The van der Waals surface area contributed by atoms with Gasteiger partial charge in [-0.25, -0.2) is 0 Å². The average Bonchev–Trinajstić information content (AvgIpc) is 2.11.